The Balaban J connectivity index is 2.03. The molecule has 2 rings (SSSR count). The van der Waals surface area contributed by atoms with Crippen LogP contribution in [-0.4, -0.2) is 17.9 Å². The highest BCUT2D eigenvalue weighted by atomic mass is 16.2. The van der Waals surface area contributed by atoms with E-state index in [1.165, 1.54) is 5.56 Å². The summed E-state index contributed by atoms with van der Waals surface area (Å²) in [5.74, 6) is -0.160. The first-order chi connectivity index (χ1) is 9.77. The van der Waals surface area contributed by atoms with E-state index in [9.17, 15) is 9.59 Å². The molecule has 0 aliphatic heterocycles. The van der Waals surface area contributed by atoms with Gasteiger partial charge >= 0.3 is 0 Å². The van der Waals surface area contributed by atoms with Crippen molar-refractivity contribution in [2.75, 3.05) is 0 Å². The summed E-state index contributed by atoms with van der Waals surface area (Å²) >= 11 is 0. The SMILES string of the molecule is CC(C)(C)c1ccc(C(=O)N[C@H](CC2CC2)C(N)=O)cc1. The summed E-state index contributed by atoms with van der Waals surface area (Å²) in [7, 11) is 0. The highest BCUT2D eigenvalue weighted by molar-refractivity contribution is 5.97. The zero-order chi connectivity index (χ0) is 15.6. The normalized spacial score (nSPS) is 16.3. The molecule has 0 heterocycles. The van der Waals surface area contributed by atoms with E-state index in [-0.39, 0.29) is 11.3 Å². The van der Waals surface area contributed by atoms with Crippen LogP contribution >= 0.6 is 0 Å². The second kappa shape index (κ2) is 5.88. The molecule has 3 N–H and O–H groups in total. The third-order valence-electron chi connectivity index (χ3n) is 3.93. The number of carbonyl (C=O) groups excluding carboxylic acids is 2. The fourth-order valence-electron chi connectivity index (χ4n) is 2.30. The molecule has 1 aliphatic carbocycles. The van der Waals surface area contributed by atoms with Gasteiger partial charge in [-0.25, -0.2) is 0 Å². The minimum atomic E-state index is -0.563. The fourth-order valence-corrected chi connectivity index (χ4v) is 2.30. The molecule has 2 amide bonds. The average molecular weight is 288 g/mol. The number of benzene rings is 1. The monoisotopic (exact) mass is 288 g/mol. The van der Waals surface area contributed by atoms with Crippen molar-refractivity contribution >= 4 is 11.8 Å². The zero-order valence-corrected chi connectivity index (χ0v) is 13.0. The first-order valence-corrected chi connectivity index (χ1v) is 7.48. The van der Waals surface area contributed by atoms with Gasteiger partial charge in [0, 0.05) is 5.56 Å². The fraction of sp³-hybridized carbons (Fsp3) is 0.529. The van der Waals surface area contributed by atoms with Crippen LogP contribution in [0.25, 0.3) is 0 Å². The summed E-state index contributed by atoms with van der Waals surface area (Å²) in [6.07, 6.45) is 2.90. The Labute approximate surface area is 126 Å². The van der Waals surface area contributed by atoms with Gasteiger partial charge in [-0.15, -0.1) is 0 Å². The van der Waals surface area contributed by atoms with E-state index < -0.39 is 11.9 Å². The Bertz CT molecular complexity index is 525. The summed E-state index contributed by atoms with van der Waals surface area (Å²) in [4.78, 5) is 23.6. The first kappa shape index (κ1) is 15.5. The van der Waals surface area contributed by atoms with Crippen LogP contribution < -0.4 is 11.1 Å². The highest BCUT2D eigenvalue weighted by Gasteiger charge is 2.29. The summed E-state index contributed by atoms with van der Waals surface area (Å²) < 4.78 is 0. The van der Waals surface area contributed by atoms with Gasteiger partial charge in [0.25, 0.3) is 5.91 Å². The van der Waals surface area contributed by atoms with Crippen LogP contribution in [0.15, 0.2) is 24.3 Å². The van der Waals surface area contributed by atoms with E-state index >= 15 is 0 Å². The maximum absolute atomic E-state index is 12.2. The molecule has 0 saturated heterocycles. The molecule has 0 spiro atoms. The number of amides is 2. The van der Waals surface area contributed by atoms with Gasteiger partial charge in [-0.1, -0.05) is 45.7 Å². The summed E-state index contributed by atoms with van der Waals surface area (Å²) in [6, 6.07) is 6.94. The Morgan fingerprint density at radius 1 is 1.24 bits per heavy atom. The molecule has 0 bridgehead atoms. The maximum Gasteiger partial charge on any atom is 0.251 e. The van der Waals surface area contributed by atoms with Gasteiger partial charge < -0.3 is 11.1 Å². The zero-order valence-electron chi connectivity index (χ0n) is 13.0. The predicted octanol–water partition coefficient (Wildman–Crippen LogP) is 2.37. The summed E-state index contributed by atoms with van der Waals surface area (Å²) in [5.41, 5.74) is 7.15. The number of primary amides is 1. The topological polar surface area (TPSA) is 72.2 Å². The molecule has 21 heavy (non-hydrogen) atoms. The molecular formula is C17H24N2O2. The lowest BCUT2D eigenvalue weighted by atomic mass is 9.86. The molecule has 4 heteroatoms. The standard InChI is InChI=1S/C17H24N2O2/c1-17(2,3)13-8-6-12(7-9-13)16(21)19-14(15(18)20)10-11-4-5-11/h6-9,11,14H,4-5,10H2,1-3H3,(H2,18,20)(H,19,21)/t14-/m1/s1. The minimum Gasteiger partial charge on any atom is -0.368 e. The van der Waals surface area contributed by atoms with Crippen molar-refractivity contribution in [1.82, 2.24) is 5.32 Å². The molecule has 0 aromatic heterocycles. The third kappa shape index (κ3) is 4.31. The Morgan fingerprint density at radius 2 is 1.81 bits per heavy atom. The van der Waals surface area contributed by atoms with E-state index in [2.05, 4.69) is 26.1 Å². The van der Waals surface area contributed by atoms with Gasteiger partial charge in [-0.05, 0) is 35.4 Å². The highest BCUT2D eigenvalue weighted by Crippen LogP contribution is 2.33. The van der Waals surface area contributed by atoms with E-state index in [1.54, 1.807) is 12.1 Å². The molecule has 1 atom stereocenters. The largest absolute Gasteiger partial charge is 0.368 e. The second-order valence-electron chi connectivity index (χ2n) is 6.93. The van der Waals surface area contributed by atoms with Crippen molar-refractivity contribution in [2.24, 2.45) is 11.7 Å². The molecule has 1 fully saturated rings. The van der Waals surface area contributed by atoms with Gasteiger partial charge in [0.15, 0.2) is 0 Å². The minimum absolute atomic E-state index is 0.0523. The Kier molecular flexibility index (Phi) is 4.35. The van der Waals surface area contributed by atoms with Crippen molar-refractivity contribution in [3.8, 4) is 0 Å². The molecular weight excluding hydrogens is 264 g/mol. The molecule has 0 radical (unpaired) electrons. The van der Waals surface area contributed by atoms with Gasteiger partial charge in [-0.3, -0.25) is 9.59 Å². The van der Waals surface area contributed by atoms with Crippen molar-refractivity contribution in [1.29, 1.82) is 0 Å². The van der Waals surface area contributed by atoms with Crippen LogP contribution in [0.4, 0.5) is 0 Å². The van der Waals surface area contributed by atoms with Crippen molar-refractivity contribution in [2.45, 2.75) is 51.5 Å². The Morgan fingerprint density at radius 3 is 2.24 bits per heavy atom. The van der Waals surface area contributed by atoms with Crippen LogP contribution in [0.5, 0.6) is 0 Å². The third-order valence-corrected chi connectivity index (χ3v) is 3.93. The second-order valence-corrected chi connectivity index (χ2v) is 6.93. The van der Waals surface area contributed by atoms with Gasteiger partial charge in [-0.2, -0.15) is 0 Å². The molecule has 1 aliphatic rings. The van der Waals surface area contributed by atoms with Crippen molar-refractivity contribution in [3.05, 3.63) is 35.4 Å². The lowest BCUT2D eigenvalue weighted by molar-refractivity contribution is -0.120. The van der Waals surface area contributed by atoms with Gasteiger partial charge in [0.05, 0.1) is 0 Å². The number of nitrogens with one attached hydrogen (secondary N) is 1. The number of hydrogen-bond acceptors (Lipinski definition) is 2. The molecule has 4 nitrogen and oxygen atoms in total. The predicted molar refractivity (Wildman–Crippen MR) is 82.9 cm³/mol. The van der Waals surface area contributed by atoms with Crippen LogP contribution in [0, 0.1) is 5.92 Å². The maximum atomic E-state index is 12.2. The summed E-state index contributed by atoms with van der Waals surface area (Å²) in [6.45, 7) is 6.38. The van der Waals surface area contributed by atoms with Crippen LogP contribution in [0.3, 0.4) is 0 Å². The number of carbonyl (C=O) groups is 2. The van der Waals surface area contributed by atoms with Crippen LogP contribution in [0.2, 0.25) is 0 Å². The Hall–Kier alpha value is -1.84. The van der Waals surface area contributed by atoms with E-state index in [0.29, 0.717) is 17.9 Å². The lowest BCUT2D eigenvalue weighted by Gasteiger charge is -2.19. The number of hydrogen-bond donors (Lipinski definition) is 2. The van der Waals surface area contributed by atoms with Crippen LogP contribution in [0.1, 0.15) is 56.0 Å². The number of rotatable bonds is 5. The molecule has 114 valence electrons. The van der Waals surface area contributed by atoms with Gasteiger partial charge in [0.1, 0.15) is 6.04 Å². The van der Waals surface area contributed by atoms with E-state index in [0.717, 1.165) is 12.8 Å². The quantitative estimate of drug-likeness (QED) is 0.873. The molecule has 1 aromatic carbocycles. The molecule has 0 unspecified atom stereocenters. The first-order valence-electron chi connectivity index (χ1n) is 7.48. The van der Waals surface area contributed by atoms with E-state index in [4.69, 9.17) is 5.73 Å². The van der Waals surface area contributed by atoms with E-state index in [1.807, 2.05) is 12.1 Å². The van der Waals surface area contributed by atoms with Crippen molar-refractivity contribution < 1.29 is 9.59 Å². The smallest absolute Gasteiger partial charge is 0.251 e. The average Bonchev–Trinajstić information content (AvgIpc) is 3.21. The number of nitrogens with two attached hydrogens (primary N) is 1. The van der Waals surface area contributed by atoms with Gasteiger partial charge in [0.2, 0.25) is 5.91 Å². The summed E-state index contributed by atoms with van der Waals surface area (Å²) in [5, 5.41) is 2.75. The van der Waals surface area contributed by atoms with Crippen molar-refractivity contribution in [3.63, 3.8) is 0 Å². The molecule has 1 saturated carbocycles. The lowest BCUT2D eigenvalue weighted by Crippen LogP contribution is -2.44. The van der Waals surface area contributed by atoms with Crippen LogP contribution in [-0.2, 0) is 10.2 Å². The molecule has 1 aromatic rings.